The highest BCUT2D eigenvalue weighted by Crippen LogP contribution is 2.37. The van der Waals surface area contributed by atoms with Crippen LogP contribution in [0.2, 0.25) is 0 Å². The molecule has 100 valence electrons. The predicted octanol–water partition coefficient (Wildman–Crippen LogP) is 2.46. The third kappa shape index (κ3) is 4.30. The van der Waals surface area contributed by atoms with Gasteiger partial charge < -0.3 is 10.6 Å². The molecule has 0 saturated heterocycles. The molecule has 3 nitrogen and oxygen atoms in total. The summed E-state index contributed by atoms with van der Waals surface area (Å²) in [4.78, 5) is 11.8. The predicted molar refractivity (Wildman–Crippen MR) is 71.9 cm³/mol. The Balaban J connectivity index is 2.33. The van der Waals surface area contributed by atoms with Crippen LogP contribution in [0, 0.1) is 5.41 Å². The highest BCUT2D eigenvalue weighted by molar-refractivity contribution is 5.81. The third-order valence-electron chi connectivity index (χ3n) is 3.93. The lowest BCUT2D eigenvalue weighted by atomic mass is 9.87. The second-order valence-electron chi connectivity index (χ2n) is 5.97. The van der Waals surface area contributed by atoms with Crippen molar-refractivity contribution in [3.8, 4) is 0 Å². The summed E-state index contributed by atoms with van der Waals surface area (Å²) in [6.45, 7) is 9.48. The maximum absolute atomic E-state index is 11.8. The molecule has 2 atom stereocenters. The molecule has 1 rings (SSSR count). The van der Waals surface area contributed by atoms with Crippen molar-refractivity contribution in [3.63, 3.8) is 0 Å². The van der Waals surface area contributed by atoms with Gasteiger partial charge in [0.1, 0.15) is 0 Å². The highest BCUT2D eigenvalue weighted by atomic mass is 16.2. The fraction of sp³-hybridized carbons (Fsp3) is 0.929. The minimum absolute atomic E-state index is 0.0748. The summed E-state index contributed by atoms with van der Waals surface area (Å²) >= 11 is 0. The largest absolute Gasteiger partial charge is 0.355 e. The zero-order chi connectivity index (χ0) is 12.9. The average molecular weight is 240 g/mol. The van der Waals surface area contributed by atoms with Gasteiger partial charge in [-0.05, 0) is 31.6 Å². The fourth-order valence-electron chi connectivity index (χ4n) is 2.55. The van der Waals surface area contributed by atoms with Crippen molar-refractivity contribution >= 4 is 5.91 Å². The molecule has 0 aromatic carbocycles. The molecule has 3 heteroatoms. The fourth-order valence-corrected chi connectivity index (χ4v) is 2.55. The van der Waals surface area contributed by atoms with Crippen LogP contribution in [0.15, 0.2) is 0 Å². The summed E-state index contributed by atoms with van der Waals surface area (Å²) < 4.78 is 0. The third-order valence-corrected chi connectivity index (χ3v) is 3.93. The first-order valence-corrected chi connectivity index (χ1v) is 7.01. The van der Waals surface area contributed by atoms with Gasteiger partial charge in [0, 0.05) is 12.6 Å². The molecule has 0 spiro atoms. The van der Waals surface area contributed by atoms with E-state index >= 15 is 0 Å². The van der Waals surface area contributed by atoms with Crippen molar-refractivity contribution in [3.05, 3.63) is 0 Å². The minimum Gasteiger partial charge on any atom is -0.355 e. The SMILES string of the molecule is CCCCNC(=O)C(C)NC1CCCC1(C)C. The van der Waals surface area contributed by atoms with E-state index in [1.807, 2.05) is 6.92 Å². The Labute approximate surface area is 106 Å². The molecule has 0 radical (unpaired) electrons. The van der Waals surface area contributed by atoms with Crippen LogP contribution in [0.3, 0.4) is 0 Å². The van der Waals surface area contributed by atoms with Gasteiger partial charge in [-0.2, -0.15) is 0 Å². The monoisotopic (exact) mass is 240 g/mol. The maximum atomic E-state index is 11.8. The average Bonchev–Trinajstić information content (AvgIpc) is 2.58. The molecule has 1 fully saturated rings. The number of rotatable bonds is 6. The second kappa shape index (κ2) is 6.39. The Bertz CT molecular complexity index is 251. The number of nitrogens with one attached hydrogen (secondary N) is 2. The van der Waals surface area contributed by atoms with E-state index in [0.717, 1.165) is 19.4 Å². The van der Waals surface area contributed by atoms with Gasteiger partial charge in [-0.3, -0.25) is 4.79 Å². The van der Waals surface area contributed by atoms with Crippen molar-refractivity contribution in [2.24, 2.45) is 5.41 Å². The Morgan fingerprint density at radius 3 is 2.71 bits per heavy atom. The van der Waals surface area contributed by atoms with Crippen molar-refractivity contribution in [1.82, 2.24) is 10.6 Å². The topological polar surface area (TPSA) is 41.1 Å². The van der Waals surface area contributed by atoms with E-state index in [1.54, 1.807) is 0 Å². The molecule has 0 bridgehead atoms. The zero-order valence-electron chi connectivity index (χ0n) is 11.8. The van der Waals surface area contributed by atoms with E-state index in [9.17, 15) is 4.79 Å². The molecule has 2 unspecified atom stereocenters. The number of carbonyl (C=O) groups is 1. The molecular formula is C14H28N2O. The van der Waals surface area contributed by atoms with Crippen LogP contribution in [0.25, 0.3) is 0 Å². The standard InChI is InChI=1S/C14H28N2O/c1-5-6-10-15-13(17)11(2)16-12-8-7-9-14(12,3)4/h11-12,16H,5-10H2,1-4H3,(H,15,17). The van der Waals surface area contributed by atoms with Gasteiger partial charge in [0.25, 0.3) is 0 Å². The van der Waals surface area contributed by atoms with Crippen LogP contribution in [-0.4, -0.2) is 24.5 Å². The van der Waals surface area contributed by atoms with Gasteiger partial charge in [0.15, 0.2) is 0 Å². The molecule has 0 heterocycles. The van der Waals surface area contributed by atoms with Gasteiger partial charge in [0.2, 0.25) is 5.91 Å². The number of amides is 1. The molecule has 0 aromatic rings. The van der Waals surface area contributed by atoms with Crippen LogP contribution < -0.4 is 10.6 Å². The maximum Gasteiger partial charge on any atom is 0.236 e. The molecule has 1 amide bonds. The van der Waals surface area contributed by atoms with E-state index in [-0.39, 0.29) is 11.9 Å². The number of hydrogen-bond donors (Lipinski definition) is 2. The van der Waals surface area contributed by atoms with Gasteiger partial charge in [-0.1, -0.05) is 33.6 Å². The molecule has 0 aliphatic heterocycles. The summed E-state index contributed by atoms with van der Waals surface area (Å²) in [6, 6.07) is 0.406. The summed E-state index contributed by atoms with van der Waals surface area (Å²) in [7, 11) is 0. The lowest BCUT2D eigenvalue weighted by Gasteiger charge is -2.30. The Morgan fingerprint density at radius 2 is 2.18 bits per heavy atom. The number of carbonyl (C=O) groups excluding carboxylic acids is 1. The molecule has 0 aromatic heterocycles. The Kier molecular flexibility index (Phi) is 5.44. The summed E-state index contributed by atoms with van der Waals surface area (Å²) in [5.41, 5.74) is 0.331. The Hall–Kier alpha value is -0.570. The van der Waals surface area contributed by atoms with Gasteiger partial charge >= 0.3 is 0 Å². The zero-order valence-corrected chi connectivity index (χ0v) is 11.8. The first kappa shape index (κ1) is 14.5. The second-order valence-corrected chi connectivity index (χ2v) is 5.97. The van der Waals surface area contributed by atoms with E-state index in [0.29, 0.717) is 11.5 Å². The summed E-state index contributed by atoms with van der Waals surface area (Å²) in [5, 5.41) is 6.47. The van der Waals surface area contributed by atoms with Gasteiger partial charge in [-0.15, -0.1) is 0 Å². The molecule has 2 N–H and O–H groups in total. The summed E-state index contributed by atoms with van der Waals surface area (Å²) in [5.74, 6) is 0.140. The normalized spacial score (nSPS) is 24.6. The molecule has 1 saturated carbocycles. The molecule has 17 heavy (non-hydrogen) atoms. The lowest BCUT2D eigenvalue weighted by molar-refractivity contribution is -0.123. The van der Waals surface area contributed by atoms with Crippen molar-refractivity contribution in [2.45, 2.75) is 71.9 Å². The van der Waals surface area contributed by atoms with E-state index in [1.165, 1.54) is 19.3 Å². The minimum atomic E-state index is -0.0748. The van der Waals surface area contributed by atoms with Crippen LogP contribution in [0.1, 0.15) is 59.8 Å². The van der Waals surface area contributed by atoms with Gasteiger partial charge in [0.05, 0.1) is 6.04 Å². The van der Waals surface area contributed by atoms with Crippen molar-refractivity contribution in [2.75, 3.05) is 6.54 Å². The van der Waals surface area contributed by atoms with Gasteiger partial charge in [-0.25, -0.2) is 0 Å². The Morgan fingerprint density at radius 1 is 1.47 bits per heavy atom. The molecular weight excluding hydrogens is 212 g/mol. The first-order valence-electron chi connectivity index (χ1n) is 7.01. The highest BCUT2D eigenvalue weighted by Gasteiger charge is 2.35. The van der Waals surface area contributed by atoms with E-state index in [2.05, 4.69) is 31.4 Å². The number of unbranched alkanes of at least 4 members (excludes halogenated alkanes) is 1. The number of hydrogen-bond acceptors (Lipinski definition) is 2. The van der Waals surface area contributed by atoms with E-state index in [4.69, 9.17) is 0 Å². The summed E-state index contributed by atoms with van der Waals surface area (Å²) in [6.07, 6.45) is 5.91. The van der Waals surface area contributed by atoms with Crippen molar-refractivity contribution < 1.29 is 4.79 Å². The van der Waals surface area contributed by atoms with Crippen LogP contribution in [0.5, 0.6) is 0 Å². The van der Waals surface area contributed by atoms with Crippen molar-refractivity contribution in [1.29, 1.82) is 0 Å². The lowest BCUT2D eigenvalue weighted by Crippen LogP contribution is -2.49. The van der Waals surface area contributed by atoms with Crippen LogP contribution >= 0.6 is 0 Å². The van der Waals surface area contributed by atoms with E-state index < -0.39 is 0 Å². The molecule has 1 aliphatic rings. The molecule has 1 aliphatic carbocycles. The quantitative estimate of drug-likeness (QED) is 0.700. The smallest absolute Gasteiger partial charge is 0.236 e. The van der Waals surface area contributed by atoms with Crippen LogP contribution in [0.4, 0.5) is 0 Å². The van der Waals surface area contributed by atoms with Crippen LogP contribution in [-0.2, 0) is 4.79 Å². The first-order chi connectivity index (χ1) is 7.97.